The smallest absolute Gasteiger partial charge is 0.251 e. The molecule has 0 radical (unpaired) electrons. The van der Waals surface area contributed by atoms with Crippen molar-refractivity contribution in [2.45, 2.75) is 13.3 Å². The van der Waals surface area contributed by atoms with Crippen molar-refractivity contribution < 1.29 is 9.59 Å². The first kappa shape index (κ1) is 14.8. The molecule has 0 heterocycles. The average molecular weight is 282 g/mol. The van der Waals surface area contributed by atoms with Gasteiger partial charge in [-0.05, 0) is 35.2 Å². The SMILES string of the molecule is CCc1ccc(-c2ccc(C(=O)NCC(N)=O)cc2)cc1. The van der Waals surface area contributed by atoms with Crippen LogP contribution in [-0.4, -0.2) is 18.4 Å². The van der Waals surface area contributed by atoms with Crippen molar-refractivity contribution in [3.8, 4) is 11.1 Å². The number of nitrogens with one attached hydrogen (secondary N) is 1. The van der Waals surface area contributed by atoms with Crippen LogP contribution in [0.5, 0.6) is 0 Å². The molecule has 2 aromatic carbocycles. The van der Waals surface area contributed by atoms with Gasteiger partial charge in [0.15, 0.2) is 0 Å². The average Bonchev–Trinajstić information content (AvgIpc) is 2.53. The first-order valence-corrected chi connectivity index (χ1v) is 6.86. The van der Waals surface area contributed by atoms with Crippen LogP contribution < -0.4 is 11.1 Å². The van der Waals surface area contributed by atoms with E-state index in [1.54, 1.807) is 12.1 Å². The fourth-order valence-corrected chi connectivity index (χ4v) is 2.02. The van der Waals surface area contributed by atoms with Gasteiger partial charge in [-0.1, -0.05) is 43.3 Å². The highest BCUT2D eigenvalue weighted by Crippen LogP contribution is 2.20. The second-order valence-electron chi connectivity index (χ2n) is 4.78. The molecule has 0 aliphatic carbocycles. The van der Waals surface area contributed by atoms with E-state index < -0.39 is 5.91 Å². The second-order valence-corrected chi connectivity index (χ2v) is 4.78. The van der Waals surface area contributed by atoms with Crippen molar-refractivity contribution >= 4 is 11.8 Å². The minimum Gasteiger partial charge on any atom is -0.368 e. The fraction of sp³-hybridized carbons (Fsp3) is 0.176. The molecule has 0 bridgehead atoms. The van der Waals surface area contributed by atoms with Gasteiger partial charge in [0.2, 0.25) is 5.91 Å². The van der Waals surface area contributed by atoms with E-state index in [1.807, 2.05) is 12.1 Å². The monoisotopic (exact) mass is 282 g/mol. The van der Waals surface area contributed by atoms with Gasteiger partial charge < -0.3 is 11.1 Å². The normalized spacial score (nSPS) is 10.1. The maximum absolute atomic E-state index is 11.8. The number of hydrogen-bond acceptors (Lipinski definition) is 2. The van der Waals surface area contributed by atoms with Crippen molar-refractivity contribution in [2.75, 3.05) is 6.54 Å². The molecule has 0 aromatic heterocycles. The number of amides is 2. The van der Waals surface area contributed by atoms with Gasteiger partial charge in [-0.25, -0.2) is 0 Å². The molecular formula is C17H18N2O2. The Morgan fingerprint density at radius 3 is 1.95 bits per heavy atom. The summed E-state index contributed by atoms with van der Waals surface area (Å²) in [6.45, 7) is 1.97. The molecule has 0 aliphatic heterocycles. The van der Waals surface area contributed by atoms with Crippen LogP contribution in [-0.2, 0) is 11.2 Å². The minimum absolute atomic E-state index is 0.154. The highest BCUT2D eigenvalue weighted by Gasteiger charge is 2.06. The summed E-state index contributed by atoms with van der Waals surface area (Å²) in [4.78, 5) is 22.4. The predicted octanol–water partition coefficient (Wildman–Crippen LogP) is 2.13. The molecule has 0 aliphatic rings. The molecule has 2 aromatic rings. The zero-order valence-electron chi connectivity index (χ0n) is 11.9. The number of rotatable bonds is 5. The number of aryl methyl sites for hydroxylation is 1. The summed E-state index contributed by atoms with van der Waals surface area (Å²) in [6.07, 6.45) is 1.01. The molecule has 108 valence electrons. The summed E-state index contributed by atoms with van der Waals surface area (Å²) in [5.41, 5.74) is 8.94. The lowest BCUT2D eigenvalue weighted by Crippen LogP contribution is -2.33. The number of carbonyl (C=O) groups excluding carboxylic acids is 2. The molecule has 2 amide bonds. The van der Waals surface area contributed by atoms with Crippen molar-refractivity contribution in [3.05, 3.63) is 59.7 Å². The lowest BCUT2D eigenvalue weighted by molar-refractivity contribution is -0.117. The molecule has 0 spiro atoms. The summed E-state index contributed by atoms with van der Waals surface area (Å²) in [5.74, 6) is -0.863. The lowest BCUT2D eigenvalue weighted by atomic mass is 10.0. The van der Waals surface area contributed by atoms with E-state index in [-0.39, 0.29) is 12.5 Å². The molecule has 4 heteroatoms. The van der Waals surface area contributed by atoms with Crippen LogP contribution in [0.15, 0.2) is 48.5 Å². The molecule has 0 fully saturated rings. The topological polar surface area (TPSA) is 72.2 Å². The fourth-order valence-electron chi connectivity index (χ4n) is 2.02. The minimum atomic E-state index is -0.559. The summed E-state index contributed by atoms with van der Waals surface area (Å²) >= 11 is 0. The molecule has 4 nitrogen and oxygen atoms in total. The van der Waals surface area contributed by atoms with Crippen LogP contribution in [0.4, 0.5) is 0 Å². The quantitative estimate of drug-likeness (QED) is 0.881. The van der Waals surface area contributed by atoms with Crippen molar-refractivity contribution in [3.63, 3.8) is 0 Å². The molecular weight excluding hydrogens is 264 g/mol. The largest absolute Gasteiger partial charge is 0.368 e. The molecule has 0 atom stereocenters. The van der Waals surface area contributed by atoms with Gasteiger partial charge in [0.25, 0.3) is 5.91 Å². The number of benzene rings is 2. The van der Waals surface area contributed by atoms with Crippen molar-refractivity contribution in [1.29, 1.82) is 0 Å². The van der Waals surface area contributed by atoms with Crippen LogP contribution in [0, 0.1) is 0 Å². The summed E-state index contributed by atoms with van der Waals surface area (Å²) < 4.78 is 0. The summed E-state index contributed by atoms with van der Waals surface area (Å²) in [7, 11) is 0. The number of primary amides is 1. The Balaban J connectivity index is 2.10. The van der Waals surface area contributed by atoms with E-state index in [2.05, 4.69) is 36.5 Å². The van der Waals surface area contributed by atoms with Crippen LogP contribution in [0.25, 0.3) is 11.1 Å². The second kappa shape index (κ2) is 6.70. The van der Waals surface area contributed by atoms with Gasteiger partial charge >= 0.3 is 0 Å². The Morgan fingerprint density at radius 1 is 0.952 bits per heavy atom. The van der Waals surface area contributed by atoms with Gasteiger partial charge in [0.05, 0.1) is 6.54 Å². The van der Waals surface area contributed by atoms with E-state index >= 15 is 0 Å². The maximum Gasteiger partial charge on any atom is 0.251 e. The van der Waals surface area contributed by atoms with E-state index in [0.29, 0.717) is 5.56 Å². The third kappa shape index (κ3) is 3.92. The molecule has 21 heavy (non-hydrogen) atoms. The first-order valence-electron chi connectivity index (χ1n) is 6.86. The van der Waals surface area contributed by atoms with Crippen molar-refractivity contribution in [2.24, 2.45) is 5.73 Å². The van der Waals surface area contributed by atoms with Gasteiger partial charge in [0, 0.05) is 5.56 Å². The highest BCUT2D eigenvalue weighted by molar-refractivity contribution is 5.96. The van der Waals surface area contributed by atoms with E-state index in [9.17, 15) is 9.59 Å². The third-order valence-electron chi connectivity index (χ3n) is 3.27. The summed E-state index contributed by atoms with van der Waals surface area (Å²) in [6, 6.07) is 15.6. The third-order valence-corrected chi connectivity index (χ3v) is 3.27. The van der Waals surface area contributed by atoms with Gasteiger partial charge in [-0.2, -0.15) is 0 Å². The predicted molar refractivity (Wildman–Crippen MR) is 82.8 cm³/mol. The Hall–Kier alpha value is -2.62. The summed E-state index contributed by atoms with van der Waals surface area (Å²) in [5, 5.41) is 2.46. The van der Waals surface area contributed by atoms with Crippen LogP contribution >= 0.6 is 0 Å². The Labute approximate surface area is 124 Å². The highest BCUT2D eigenvalue weighted by atomic mass is 16.2. The first-order chi connectivity index (χ1) is 10.1. The lowest BCUT2D eigenvalue weighted by Gasteiger charge is -2.06. The van der Waals surface area contributed by atoms with E-state index in [4.69, 9.17) is 5.73 Å². The van der Waals surface area contributed by atoms with Crippen LogP contribution in [0.1, 0.15) is 22.8 Å². The zero-order chi connectivity index (χ0) is 15.2. The molecule has 2 rings (SSSR count). The molecule has 0 saturated carbocycles. The molecule has 3 N–H and O–H groups in total. The Bertz CT molecular complexity index is 631. The number of nitrogens with two attached hydrogens (primary N) is 1. The van der Waals surface area contributed by atoms with E-state index in [0.717, 1.165) is 17.5 Å². The Morgan fingerprint density at radius 2 is 1.48 bits per heavy atom. The number of carbonyl (C=O) groups is 2. The molecule has 0 saturated heterocycles. The maximum atomic E-state index is 11.8. The standard InChI is InChI=1S/C17H18N2O2/c1-2-12-3-5-13(6-4-12)14-7-9-15(10-8-14)17(21)19-11-16(18)20/h3-10H,2,11H2,1H3,(H2,18,20)(H,19,21). The molecule has 0 unspecified atom stereocenters. The van der Waals surface area contributed by atoms with Crippen LogP contribution in [0.3, 0.4) is 0 Å². The number of hydrogen-bond donors (Lipinski definition) is 2. The van der Waals surface area contributed by atoms with Gasteiger partial charge in [0.1, 0.15) is 0 Å². The van der Waals surface area contributed by atoms with E-state index in [1.165, 1.54) is 5.56 Å². The van der Waals surface area contributed by atoms with Crippen molar-refractivity contribution in [1.82, 2.24) is 5.32 Å². The Kier molecular flexibility index (Phi) is 4.72. The van der Waals surface area contributed by atoms with Gasteiger partial charge in [-0.3, -0.25) is 9.59 Å². The van der Waals surface area contributed by atoms with Gasteiger partial charge in [-0.15, -0.1) is 0 Å². The zero-order valence-corrected chi connectivity index (χ0v) is 11.9. The van der Waals surface area contributed by atoms with Crippen LogP contribution in [0.2, 0.25) is 0 Å².